The first-order valence-electron chi connectivity index (χ1n) is 7.14. The molecule has 0 N–H and O–H groups in total. The molecule has 3 rings (SSSR count). The van der Waals surface area contributed by atoms with Gasteiger partial charge in [0.2, 0.25) is 0 Å². The van der Waals surface area contributed by atoms with Crippen LogP contribution in [0.3, 0.4) is 0 Å². The summed E-state index contributed by atoms with van der Waals surface area (Å²) in [6, 6.07) is 14.4. The van der Waals surface area contributed by atoms with Gasteiger partial charge in [-0.2, -0.15) is 0 Å². The number of fused-ring (bicyclic) bond motifs is 1. The minimum Gasteiger partial charge on any atom is -0.489 e. The van der Waals surface area contributed by atoms with Crippen molar-refractivity contribution in [2.75, 3.05) is 6.61 Å². The van der Waals surface area contributed by atoms with Crippen LogP contribution in [0.15, 0.2) is 64.3 Å². The number of benzene rings is 2. The van der Waals surface area contributed by atoms with E-state index < -0.39 is 0 Å². The Morgan fingerprint density at radius 3 is 2.83 bits per heavy atom. The molecule has 0 radical (unpaired) electrons. The zero-order valence-corrected chi connectivity index (χ0v) is 13.4. The van der Waals surface area contributed by atoms with E-state index in [1.165, 1.54) is 6.07 Å². The lowest BCUT2D eigenvalue weighted by molar-refractivity contribution is 0.369. The fourth-order valence-electron chi connectivity index (χ4n) is 2.36. The van der Waals surface area contributed by atoms with Gasteiger partial charge in [-0.15, -0.1) is 0 Å². The van der Waals surface area contributed by atoms with Gasteiger partial charge in [0.1, 0.15) is 17.9 Å². The number of aryl methyl sites for hydroxylation is 1. The average Bonchev–Trinajstić information content (AvgIpc) is 2.52. The lowest BCUT2D eigenvalue weighted by Crippen LogP contribution is -2.01. The topological polar surface area (TPSA) is 39.4 Å². The van der Waals surface area contributed by atoms with E-state index >= 15 is 0 Å². The Kier molecular flexibility index (Phi) is 4.22. The zero-order valence-electron chi connectivity index (χ0n) is 12.6. The van der Waals surface area contributed by atoms with Crippen LogP contribution in [0.2, 0.25) is 5.02 Å². The predicted octanol–water partition coefficient (Wildman–Crippen LogP) is 4.85. The van der Waals surface area contributed by atoms with Gasteiger partial charge in [0.25, 0.3) is 0 Å². The molecule has 0 aliphatic heterocycles. The summed E-state index contributed by atoms with van der Waals surface area (Å²) < 4.78 is 11.0. The number of halogens is 1. The maximum atomic E-state index is 11.5. The van der Waals surface area contributed by atoms with Crippen LogP contribution in [0.25, 0.3) is 16.5 Å². The van der Waals surface area contributed by atoms with Crippen LogP contribution in [0.1, 0.15) is 11.1 Å². The van der Waals surface area contributed by atoms with E-state index in [0.29, 0.717) is 23.0 Å². The van der Waals surface area contributed by atoms with Crippen molar-refractivity contribution < 1.29 is 9.15 Å². The van der Waals surface area contributed by atoms with Gasteiger partial charge in [0, 0.05) is 22.5 Å². The third-order valence-corrected chi connectivity index (χ3v) is 3.80. The fourth-order valence-corrected chi connectivity index (χ4v) is 2.55. The van der Waals surface area contributed by atoms with E-state index in [0.717, 1.165) is 22.1 Å². The van der Waals surface area contributed by atoms with Crippen molar-refractivity contribution in [3.63, 3.8) is 0 Å². The summed E-state index contributed by atoms with van der Waals surface area (Å²) in [6.07, 6.45) is 0. The molecule has 0 aliphatic rings. The Morgan fingerprint density at radius 1 is 1.22 bits per heavy atom. The second kappa shape index (κ2) is 6.31. The van der Waals surface area contributed by atoms with Crippen molar-refractivity contribution in [2.45, 2.75) is 6.92 Å². The fraction of sp³-hybridized carbons (Fsp3) is 0.105. The van der Waals surface area contributed by atoms with Crippen molar-refractivity contribution in [1.82, 2.24) is 0 Å². The SMILES string of the molecule is C=C(COc1ccc2c(C)cc(=O)oc2c1)c1cccc(Cl)c1. The van der Waals surface area contributed by atoms with Crippen molar-refractivity contribution in [3.8, 4) is 5.75 Å². The monoisotopic (exact) mass is 326 g/mol. The highest BCUT2D eigenvalue weighted by Gasteiger charge is 2.06. The van der Waals surface area contributed by atoms with E-state index in [1.54, 1.807) is 6.07 Å². The normalized spacial score (nSPS) is 10.7. The summed E-state index contributed by atoms with van der Waals surface area (Å²) in [5.41, 5.74) is 2.78. The third-order valence-electron chi connectivity index (χ3n) is 3.57. The summed E-state index contributed by atoms with van der Waals surface area (Å²) in [4.78, 5) is 11.5. The van der Waals surface area contributed by atoms with Gasteiger partial charge in [-0.3, -0.25) is 0 Å². The highest BCUT2D eigenvalue weighted by atomic mass is 35.5. The summed E-state index contributed by atoms with van der Waals surface area (Å²) >= 11 is 5.98. The molecule has 1 heterocycles. The van der Waals surface area contributed by atoms with Gasteiger partial charge in [-0.05, 0) is 47.9 Å². The molecule has 0 saturated carbocycles. The quantitative estimate of drug-likeness (QED) is 0.643. The Labute approximate surface area is 138 Å². The van der Waals surface area contributed by atoms with Gasteiger partial charge >= 0.3 is 5.63 Å². The minimum absolute atomic E-state index is 0.321. The second-order valence-electron chi connectivity index (χ2n) is 5.31. The third kappa shape index (κ3) is 3.46. The van der Waals surface area contributed by atoms with Crippen molar-refractivity contribution >= 4 is 28.1 Å². The highest BCUT2D eigenvalue weighted by Crippen LogP contribution is 2.24. The molecule has 116 valence electrons. The molecule has 0 saturated heterocycles. The smallest absolute Gasteiger partial charge is 0.336 e. The lowest BCUT2D eigenvalue weighted by Gasteiger charge is -2.10. The number of rotatable bonds is 4. The van der Waals surface area contributed by atoms with Crippen LogP contribution in [0, 0.1) is 6.92 Å². The molecule has 0 atom stereocenters. The standard InChI is InChI=1S/C19H15ClO3/c1-12-8-19(21)23-18-10-16(6-7-17(12)18)22-11-13(2)14-4-3-5-15(20)9-14/h3-10H,2,11H2,1H3. The summed E-state index contributed by atoms with van der Waals surface area (Å²) in [5.74, 6) is 0.620. The van der Waals surface area contributed by atoms with Crippen LogP contribution in [-0.2, 0) is 0 Å². The second-order valence-corrected chi connectivity index (χ2v) is 5.75. The first-order chi connectivity index (χ1) is 11.0. The van der Waals surface area contributed by atoms with E-state index in [9.17, 15) is 4.79 Å². The highest BCUT2D eigenvalue weighted by molar-refractivity contribution is 6.30. The number of hydrogen-bond donors (Lipinski definition) is 0. The molecule has 0 bridgehead atoms. The van der Waals surface area contributed by atoms with Gasteiger partial charge in [-0.25, -0.2) is 4.79 Å². The van der Waals surface area contributed by atoms with E-state index in [1.807, 2.05) is 43.3 Å². The van der Waals surface area contributed by atoms with E-state index in [2.05, 4.69) is 6.58 Å². The Bertz CT molecular complexity index is 941. The Hall–Kier alpha value is -2.52. The molecule has 0 spiro atoms. The van der Waals surface area contributed by atoms with Gasteiger partial charge in [-0.1, -0.05) is 30.3 Å². The van der Waals surface area contributed by atoms with Crippen molar-refractivity contribution in [2.24, 2.45) is 0 Å². The molecule has 2 aromatic carbocycles. The first kappa shape index (κ1) is 15.4. The Morgan fingerprint density at radius 2 is 2.04 bits per heavy atom. The maximum Gasteiger partial charge on any atom is 0.336 e. The number of hydrogen-bond acceptors (Lipinski definition) is 3. The molecule has 3 nitrogen and oxygen atoms in total. The molecule has 4 heteroatoms. The van der Waals surface area contributed by atoms with Gasteiger partial charge in [0.05, 0.1) is 0 Å². The maximum absolute atomic E-state index is 11.5. The molecule has 0 unspecified atom stereocenters. The molecule has 0 aliphatic carbocycles. The summed E-state index contributed by atoms with van der Waals surface area (Å²) in [7, 11) is 0. The van der Waals surface area contributed by atoms with Crippen LogP contribution in [-0.4, -0.2) is 6.61 Å². The molecule has 23 heavy (non-hydrogen) atoms. The van der Waals surface area contributed by atoms with Gasteiger partial charge in [0.15, 0.2) is 0 Å². The predicted molar refractivity (Wildman–Crippen MR) is 93.2 cm³/mol. The molecule has 3 aromatic rings. The van der Waals surface area contributed by atoms with E-state index in [4.69, 9.17) is 20.8 Å². The average molecular weight is 327 g/mol. The van der Waals surface area contributed by atoms with Crippen LogP contribution in [0.4, 0.5) is 0 Å². The molecular weight excluding hydrogens is 312 g/mol. The van der Waals surface area contributed by atoms with Crippen LogP contribution < -0.4 is 10.4 Å². The molecule has 0 amide bonds. The zero-order chi connectivity index (χ0) is 16.4. The van der Waals surface area contributed by atoms with Crippen LogP contribution >= 0.6 is 11.6 Å². The molecule has 1 aromatic heterocycles. The van der Waals surface area contributed by atoms with Gasteiger partial charge < -0.3 is 9.15 Å². The summed E-state index contributed by atoms with van der Waals surface area (Å²) in [6.45, 7) is 6.21. The van der Waals surface area contributed by atoms with Crippen molar-refractivity contribution in [1.29, 1.82) is 0 Å². The first-order valence-corrected chi connectivity index (χ1v) is 7.52. The Balaban J connectivity index is 1.79. The number of ether oxygens (including phenoxy) is 1. The molecular formula is C19H15ClO3. The minimum atomic E-state index is -0.365. The van der Waals surface area contributed by atoms with Crippen LogP contribution in [0.5, 0.6) is 5.75 Å². The van der Waals surface area contributed by atoms with Crippen molar-refractivity contribution in [3.05, 3.63) is 81.7 Å². The molecule has 0 fully saturated rings. The largest absolute Gasteiger partial charge is 0.489 e. The summed E-state index contributed by atoms with van der Waals surface area (Å²) in [5, 5.41) is 1.55. The lowest BCUT2D eigenvalue weighted by atomic mass is 10.1. The van der Waals surface area contributed by atoms with E-state index in [-0.39, 0.29) is 5.63 Å².